The Kier molecular flexibility index (Phi) is 6.13. The molecular weight excluding hydrogens is 352 g/mol. The maximum Gasteiger partial charge on any atom is 0.218 e. The molecule has 0 atom stereocenters. The van der Waals surface area contributed by atoms with Crippen LogP contribution in [0.15, 0.2) is 18.3 Å². The molecule has 0 saturated carbocycles. The zero-order valence-electron chi connectivity index (χ0n) is 15.0. The van der Waals surface area contributed by atoms with E-state index in [-0.39, 0.29) is 0 Å². The fourth-order valence-corrected chi connectivity index (χ4v) is 4.13. The molecule has 2 fully saturated rings. The summed E-state index contributed by atoms with van der Waals surface area (Å²) in [6.45, 7) is 9.92. The summed E-state index contributed by atoms with van der Waals surface area (Å²) in [5.74, 6) is 0. The van der Waals surface area contributed by atoms with Crippen LogP contribution >= 0.6 is 11.3 Å². The fraction of sp³-hybridized carbons (Fsp3) is 0.647. The Bertz CT molecular complexity index is 678. The van der Waals surface area contributed by atoms with E-state index in [0.717, 1.165) is 82.5 Å². The number of hydrogen-bond donors (Lipinski definition) is 1. The summed E-state index contributed by atoms with van der Waals surface area (Å²) >= 11 is 1.63. The van der Waals surface area contributed by atoms with Crippen LogP contribution in [0.25, 0.3) is 5.13 Å². The zero-order chi connectivity index (χ0) is 17.6. The lowest BCUT2D eigenvalue weighted by molar-refractivity contribution is 0.0384. The maximum absolute atomic E-state index is 5.41. The van der Waals surface area contributed by atoms with Gasteiger partial charge in [0.25, 0.3) is 0 Å². The molecule has 142 valence electrons. The third-order valence-electron chi connectivity index (χ3n) is 4.74. The molecule has 0 spiro atoms. The average Bonchev–Trinajstić information content (AvgIpc) is 3.36. The topological polar surface area (TPSA) is 67.7 Å². The number of ether oxygens (including phenoxy) is 2. The highest BCUT2D eigenvalue weighted by Gasteiger charge is 2.17. The molecule has 0 unspecified atom stereocenters. The molecule has 1 N–H and O–H groups in total. The van der Waals surface area contributed by atoms with Gasteiger partial charge in [-0.2, -0.15) is 0 Å². The van der Waals surface area contributed by atoms with E-state index < -0.39 is 0 Å². The first-order chi connectivity index (χ1) is 12.9. The van der Waals surface area contributed by atoms with Gasteiger partial charge in [0.05, 0.1) is 26.4 Å². The first kappa shape index (κ1) is 17.9. The van der Waals surface area contributed by atoms with Gasteiger partial charge >= 0.3 is 0 Å². The van der Waals surface area contributed by atoms with Gasteiger partial charge in [-0.05, 0) is 12.1 Å². The van der Waals surface area contributed by atoms with Crippen molar-refractivity contribution < 1.29 is 9.47 Å². The van der Waals surface area contributed by atoms with Crippen LogP contribution in [-0.4, -0.2) is 85.4 Å². The van der Waals surface area contributed by atoms with Crippen molar-refractivity contribution in [2.75, 3.05) is 70.6 Å². The smallest absolute Gasteiger partial charge is 0.218 e. The molecule has 26 heavy (non-hydrogen) atoms. The van der Waals surface area contributed by atoms with E-state index in [9.17, 15) is 0 Å². The third-order valence-corrected chi connectivity index (χ3v) is 5.72. The normalized spacial score (nSPS) is 19.2. The number of anilines is 1. The third kappa shape index (κ3) is 4.41. The molecule has 4 rings (SSSR count). The van der Waals surface area contributed by atoms with Gasteiger partial charge in [0.1, 0.15) is 0 Å². The molecule has 0 amide bonds. The minimum Gasteiger partial charge on any atom is -0.379 e. The van der Waals surface area contributed by atoms with E-state index in [4.69, 9.17) is 9.47 Å². The van der Waals surface area contributed by atoms with Gasteiger partial charge in [-0.1, -0.05) is 11.3 Å². The van der Waals surface area contributed by atoms with Crippen molar-refractivity contribution >= 4 is 16.5 Å². The first-order valence-corrected chi connectivity index (χ1v) is 10.1. The number of nitrogens with zero attached hydrogens (tertiary/aromatic N) is 5. The number of rotatable bonds is 7. The molecule has 0 radical (unpaired) electrons. The molecule has 8 nitrogen and oxygen atoms in total. The van der Waals surface area contributed by atoms with Crippen LogP contribution in [0, 0.1) is 0 Å². The van der Waals surface area contributed by atoms with Gasteiger partial charge < -0.3 is 19.7 Å². The van der Waals surface area contributed by atoms with E-state index in [1.165, 1.54) is 5.69 Å². The highest BCUT2D eigenvalue weighted by Crippen LogP contribution is 2.25. The molecule has 2 aliphatic rings. The highest BCUT2D eigenvalue weighted by atomic mass is 32.1. The largest absolute Gasteiger partial charge is 0.379 e. The molecule has 0 bridgehead atoms. The second-order valence-electron chi connectivity index (χ2n) is 6.47. The number of nitrogens with one attached hydrogen (secondary N) is 1. The van der Waals surface area contributed by atoms with Gasteiger partial charge in [-0.25, -0.2) is 0 Å². The van der Waals surface area contributed by atoms with Crippen LogP contribution in [0.1, 0.15) is 5.69 Å². The van der Waals surface area contributed by atoms with Crippen molar-refractivity contribution in [3.05, 3.63) is 24.0 Å². The Hall–Kier alpha value is -1.52. The first-order valence-electron chi connectivity index (χ1n) is 9.24. The summed E-state index contributed by atoms with van der Waals surface area (Å²) in [5, 5.41) is 14.2. The standard InChI is InChI=1S/C17H26N6O2S/c1-2-15(14-18-3-5-21-6-10-24-11-7-21)23(4-1)17-20-19-16(26-17)22-8-12-25-13-9-22/h1-2,4,18H,3,5-14H2. The molecule has 2 aromatic rings. The van der Waals surface area contributed by atoms with E-state index in [1.54, 1.807) is 11.3 Å². The van der Waals surface area contributed by atoms with E-state index in [2.05, 4.69) is 48.2 Å². The molecular formula is C17H26N6O2S. The summed E-state index contributed by atoms with van der Waals surface area (Å²) in [5.41, 5.74) is 1.21. The predicted octanol–water partition coefficient (Wildman–Crippen LogP) is 0.587. The summed E-state index contributed by atoms with van der Waals surface area (Å²) in [7, 11) is 0. The Morgan fingerprint density at radius 2 is 1.73 bits per heavy atom. The van der Waals surface area contributed by atoms with Gasteiger partial charge in [-0.3, -0.25) is 9.47 Å². The second-order valence-corrected chi connectivity index (χ2v) is 7.40. The van der Waals surface area contributed by atoms with Crippen molar-refractivity contribution in [1.82, 2.24) is 25.0 Å². The van der Waals surface area contributed by atoms with Crippen LogP contribution in [0.4, 0.5) is 5.13 Å². The molecule has 2 saturated heterocycles. The van der Waals surface area contributed by atoms with Crippen LogP contribution in [0.5, 0.6) is 0 Å². The van der Waals surface area contributed by atoms with Crippen molar-refractivity contribution in [3.8, 4) is 5.13 Å². The van der Waals surface area contributed by atoms with Gasteiger partial charge in [-0.15, -0.1) is 10.2 Å². The van der Waals surface area contributed by atoms with Crippen molar-refractivity contribution in [3.63, 3.8) is 0 Å². The Morgan fingerprint density at radius 3 is 2.54 bits per heavy atom. The zero-order valence-corrected chi connectivity index (χ0v) is 15.8. The monoisotopic (exact) mass is 378 g/mol. The molecule has 0 aromatic carbocycles. The van der Waals surface area contributed by atoms with Gasteiger partial charge in [0.15, 0.2) is 0 Å². The minimum atomic E-state index is 0.761. The number of morpholine rings is 2. The van der Waals surface area contributed by atoms with Crippen molar-refractivity contribution in [2.24, 2.45) is 0 Å². The summed E-state index contributed by atoms with van der Waals surface area (Å²) < 4.78 is 12.9. The number of hydrogen-bond acceptors (Lipinski definition) is 8. The second kappa shape index (κ2) is 8.92. The summed E-state index contributed by atoms with van der Waals surface area (Å²) in [6, 6.07) is 4.20. The predicted molar refractivity (Wildman–Crippen MR) is 101 cm³/mol. The molecule has 2 aromatic heterocycles. The van der Waals surface area contributed by atoms with Crippen LogP contribution < -0.4 is 10.2 Å². The Balaban J connectivity index is 1.31. The van der Waals surface area contributed by atoms with E-state index in [1.807, 2.05) is 0 Å². The average molecular weight is 379 g/mol. The highest BCUT2D eigenvalue weighted by molar-refractivity contribution is 7.17. The van der Waals surface area contributed by atoms with Crippen molar-refractivity contribution in [2.45, 2.75) is 6.54 Å². The van der Waals surface area contributed by atoms with E-state index in [0.29, 0.717) is 0 Å². The minimum absolute atomic E-state index is 0.761. The fourth-order valence-electron chi connectivity index (χ4n) is 3.21. The quantitative estimate of drug-likeness (QED) is 0.707. The van der Waals surface area contributed by atoms with E-state index >= 15 is 0 Å². The van der Waals surface area contributed by atoms with Gasteiger partial charge in [0.2, 0.25) is 10.3 Å². The molecule has 4 heterocycles. The lowest BCUT2D eigenvalue weighted by Gasteiger charge is -2.26. The maximum atomic E-state index is 5.41. The van der Waals surface area contributed by atoms with Crippen LogP contribution in [-0.2, 0) is 16.0 Å². The van der Waals surface area contributed by atoms with Crippen LogP contribution in [0.3, 0.4) is 0 Å². The lowest BCUT2D eigenvalue weighted by atomic mass is 10.4. The molecule has 2 aliphatic heterocycles. The Labute approximate surface area is 157 Å². The van der Waals surface area contributed by atoms with Crippen LogP contribution in [0.2, 0.25) is 0 Å². The van der Waals surface area contributed by atoms with Crippen molar-refractivity contribution in [1.29, 1.82) is 0 Å². The molecule has 0 aliphatic carbocycles. The SMILES string of the molecule is c1cc(CNCCN2CCOCC2)n(-c2nnc(N3CCOCC3)s2)c1. The number of aromatic nitrogens is 3. The summed E-state index contributed by atoms with van der Waals surface area (Å²) in [6.07, 6.45) is 2.06. The summed E-state index contributed by atoms with van der Waals surface area (Å²) in [4.78, 5) is 4.68. The van der Waals surface area contributed by atoms with Gasteiger partial charge in [0, 0.05) is 57.7 Å². The molecule has 9 heteroatoms. The lowest BCUT2D eigenvalue weighted by Crippen LogP contribution is -2.40. The Morgan fingerprint density at radius 1 is 1.00 bits per heavy atom.